The molecule has 0 aliphatic carbocycles. The van der Waals surface area contributed by atoms with Gasteiger partial charge in [-0.05, 0) is 38.5 Å². The molecule has 112 valence electrons. The summed E-state index contributed by atoms with van der Waals surface area (Å²) in [5.41, 5.74) is 0. The number of hydrogen-bond acceptors (Lipinski definition) is 1. The van der Waals surface area contributed by atoms with Gasteiger partial charge in [0.05, 0.1) is 19.0 Å². The molecule has 0 bridgehead atoms. The van der Waals surface area contributed by atoms with Gasteiger partial charge in [-0.1, -0.05) is 12.2 Å². The molecule has 1 unspecified atom stereocenters. The van der Waals surface area contributed by atoms with Crippen LogP contribution in [0.5, 0.6) is 0 Å². The van der Waals surface area contributed by atoms with Gasteiger partial charge in [0.25, 0.3) is 0 Å². The van der Waals surface area contributed by atoms with Crippen LogP contribution in [0.2, 0.25) is 0 Å². The van der Waals surface area contributed by atoms with E-state index >= 15 is 0 Å². The Hall–Kier alpha value is -0.800. The van der Waals surface area contributed by atoms with Crippen molar-refractivity contribution in [2.75, 3.05) is 6.54 Å². The molecule has 19 heavy (non-hydrogen) atoms. The molecule has 0 fully saturated rings. The highest BCUT2D eigenvalue weighted by Gasteiger charge is 2.09. The van der Waals surface area contributed by atoms with Crippen LogP contribution < -0.4 is 17.7 Å². The lowest BCUT2D eigenvalue weighted by Crippen LogP contribution is -3.00. The summed E-state index contributed by atoms with van der Waals surface area (Å²) in [5, 5.41) is 10.8. The van der Waals surface area contributed by atoms with E-state index in [0.29, 0.717) is 12.0 Å². The van der Waals surface area contributed by atoms with Crippen molar-refractivity contribution in [1.29, 1.82) is 0 Å². The number of hydrogen-bond donors (Lipinski definition) is 2. The molecular formula is C15H28ClNO2. The first kappa shape index (κ1) is 20.5. The third-order valence-corrected chi connectivity index (χ3v) is 3.20. The predicted octanol–water partition coefficient (Wildman–Crippen LogP) is -0.644. The summed E-state index contributed by atoms with van der Waals surface area (Å²) in [6.07, 6.45) is 9.46. The quantitative estimate of drug-likeness (QED) is 0.371. The Kier molecular flexibility index (Phi) is 14.7. The number of carboxylic acid groups (broad SMARTS) is 1. The van der Waals surface area contributed by atoms with E-state index in [1.807, 2.05) is 12.2 Å². The summed E-state index contributed by atoms with van der Waals surface area (Å²) >= 11 is 0. The van der Waals surface area contributed by atoms with Crippen molar-refractivity contribution < 1.29 is 27.6 Å². The lowest BCUT2D eigenvalue weighted by Gasteiger charge is -2.13. The van der Waals surface area contributed by atoms with Crippen molar-refractivity contribution in [3.05, 3.63) is 25.3 Å². The zero-order chi connectivity index (χ0) is 13.8. The van der Waals surface area contributed by atoms with E-state index in [-0.39, 0.29) is 18.8 Å². The van der Waals surface area contributed by atoms with Gasteiger partial charge in [0.1, 0.15) is 0 Å². The Morgan fingerprint density at radius 2 is 1.84 bits per heavy atom. The van der Waals surface area contributed by atoms with Crippen molar-refractivity contribution in [3.63, 3.8) is 0 Å². The third kappa shape index (κ3) is 13.4. The molecule has 0 spiro atoms. The number of carboxylic acids is 1. The first-order valence-electron chi connectivity index (χ1n) is 6.87. The van der Waals surface area contributed by atoms with Gasteiger partial charge in [0.15, 0.2) is 0 Å². The van der Waals surface area contributed by atoms with Gasteiger partial charge < -0.3 is 22.8 Å². The molecule has 3 N–H and O–H groups in total. The highest BCUT2D eigenvalue weighted by Crippen LogP contribution is 2.15. The number of halogens is 1. The zero-order valence-electron chi connectivity index (χ0n) is 12.0. The van der Waals surface area contributed by atoms with Crippen LogP contribution >= 0.6 is 0 Å². The molecule has 0 aromatic rings. The van der Waals surface area contributed by atoms with E-state index in [2.05, 4.69) is 25.4 Å². The molecular weight excluding hydrogens is 262 g/mol. The van der Waals surface area contributed by atoms with E-state index in [1.165, 1.54) is 12.8 Å². The summed E-state index contributed by atoms with van der Waals surface area (Å²) in [7, 11) is 0. The van der Waals surface area contributed by atoms with Crippen LogP contribution in [0, 0.1) is 5.92 Å². The normalized spacial score (nSPS) is 11.7. The molecule has 0 radical (unpaired) electrons. The van der Waals surface area contributed by atoms with Crippen molar-refractivity contribution in [3.8, 4) is 0 Å². The Bertz CT molecular complexity index is 247. The summed E-state index contributed by atoms with van der Waals surface area (Å²) in [4.78, 5) is 10.4. The Balaban J connectivity index is 0. The lowest BCUT2D eigenvalue weighted by molar-refractivity contribution is -0.687. The minimum Gasteiger partial charge on any atom is -1.00 e. The van der Waals surface area contributed by atoms with Crippen molar-refractivity contribution in [1.82, 2.24) is 0 Å². The second kappa shape index (κ2) is 13.6. The van der Waals surface area contributed by atoms with Crippen LogP contribution in [0.4, 0.5) is 0 Å². The molecule has 0 rings (SSSR count). The monoisotopic (exact) mass is 289 g/mol. The molecule has 3 nitrogen and oxygen atoms in total. The van der Waals surface area contributed by atoms with Crippen molar-refractivity contribution in [2.45, 2.75) is 51.5 Å². The minimum atomic E-state index is -0.702. The zero-order valence-corrected chi connectivity index (χ0v) is 12.7. The van der Waals surface area contributed by atoms with Crippen LogP contribution in [-0.2, 0) is 4.79 Å². The van der Waals surface area contributed by atoms with E-state index in [0.717, 1.165) is 25.8 Å². The molecule has 1 atom stereocenters. The Morgan fingerprint density at radius 3 is 2.32 bits per heavy atom. The minimum absolute atomic E-state index is 0. The first-order valence-corrected chi connectivity index (χ1v) is 6.87. The number of nitrogens with two attached hydrogens (primary N) is 1. The second-order valence-electron chi connectivity index (χ2n) is 4.99. The van der Waals surface area contributed by atoms with Gasteiger partial charge in [-0.15, -0.1) is 13.2 Å². The summed E-state index contributed by atoms with van der Waals surface area (Å²) in [5.74, 6) is -0.0324. The highest BCUT2D eigenvalue weighted by molar-refractivity contribution is 5.66. The van der Waals surface area contributed by atoms with Crippen LogP contribution in [0.15, 0.2) is 25.3 Å². The fourth-order valence-electron chi connectivity index (χ4n) is 2.08. The topological polar surface area (TPSA) is 53.9 Å². The van der Waals surface area contributed by atoms with Gasteiger partial charge in [0.2, 0.25) is 0 Å². The van der Waals surface area contributed by atoms with E-state index in [4.69, 9.17) is 5.11 Å². The van der Waals surface area contributed by atoms with E-state index in [1.54, 1.807) is 0 Å². The molecule has 0 aromatic carbocycles. The van der Waals surface area contributed by atoms with Gasteiger partial charge in [-0.25, -0.2) is 0 Å². The standard InChI is InChI=1S/C15H27NO2.ClH/c1-4-7-14(8-5-2)9-6-12-16-13(3)10-11-15(17)18;/h4-5,13-14,16H,1-2,6-12H2,3H3,(H,17,18);1H. The highest BCUT2D eigenvalue weighted by atomic mass is 35.5. The largest absolute Gasteiger partial charge is 1.00 e. The fraction of sp³-hybridized carbons (Fsp3) is 0.667. The molecule has 4 heteroatoms. The summed E-state index contributed by atoms with van der Waals surface area (Å²) in [6, 6.07) is 0.401. The van der Waals surface area contributed by atoms with Gasteiger partial charge in [0, 0.05) is 6.42 Å². The third-order valence-electron chi connectivity index (χ3n) is 3.20. The number of rotatable bonds is 12. The maximum absolute atomic E-state index is 10.4. The molecule has 0 aromatic heterocycles. The average molecular weight is 290 g/mol. The average Bonchev–Trinajstić information content (AvgIpc) is 2.32. The number of allylic oxidation sites excluding steroid dienone is 2. The lowest BCUT2D eigenvalue weighted by atomic mass is 9.96. The maximum Gasteiger partial charge on any atom is 0.303 e. The molecule has 0 aliphatic heterocycles. The smallest absolute Gasteiger partial charge is 0.303 e. The van der Waals surface area contributed by atoms with Crippen LogP contribution in [0.1, 0.15) is 45.4 Å². The Labute approximate surface area is 123 Å². The van der Waals surface area contributed by atoms with Gasteiger partial charge >= 0.3 is 5.97 Å². The summed E-state index contributed by atoms with van der Waals surface area (Å²) in [6.45, 7) is 10.7. The van der Waals surface area contributed by atoms with Gasteiger partial charge in [-0.2, -0.15) is 0 Å². The van der Waals surface area contributed by atoms with Crippen LogP contribution in [0.3, 0.4) is 0 Å². The fourth-order valence-corrected chi connectivity index (χ4v) is 2.08. The SMILES string of the molecule is C=CCC(CC=C)CCC[NH2+]C(C)CCC(=O)O.[Cl-]. The number of aliphatic carboxylic acids is 1. The number of quaternary nitrogens is 1. The summed E-state index contributed by atoms with van der Waals surface area (Å²) < 4.78 is 0. The molecule has 0 heterocycles. The first-order chi connectivity index (χ1) is 8.60. The molecule has 0 amide bonds. The second-order valence-corrected chi connectivity index (χ2v) is 4.99. The molecule has 0 saturated heterocycles. The van der Waals surface area contributed by atoms with Crippen LogP contribution in [0.25, 0.3) is 0 Å². The van der Waals surface area contributed by atoms with Crippen LogP contribution in [-0.4, -0.2) is 23.7 Å². The number of carbonyl (C=O) groups is 1. The van der Waals surface area contributed by atoms with E-state index in [9.17, 15) is 4.79 Å². The van der Waals surface area contributed by atoms with Gasteiger partial charge in [-0.3, -0.25) is 4.79 Å². The maximum atomic E-state index is 10.4. The van der Waals surface area contributed by atoms with Crippen molar-refractivity contribution in [2.24, 2.45) is 5.92 Å². The predicted molar refractivity (Wildman–Crippen MR) is 75.5 cm³/mol. The van der Waals surface area contributed by atoms with Crippen molar-refractivity contribution >= 4 is 5.97 Å². The molecule has 0 saturated carbocycles. The van der Waals surface area contributed by atoms with E-state index < -0.39 is 5.97 Å². The Morgan fingerprint density at radius 1 is 1.26 bits per heavy atom. The molecule has 0 aliphatic rings.